The summed E-state index contributed by atoms with van der Waals surface area (Å²) in [5, 5.41) is 1.46. The van der Waals surface area contributed by atoms with Crippen molar-refractivity contribution in [2.45, 2.75) is 30.6 Å². The highest BCUT2D eigenvalue weighted by Gasteiger charge is 2.22. The van der Waals surface area contributed by atoms with E-state index in [0.29, 0.717) is 11.5 Å². The molecule has 3 aromatic rings. The molecule has 0 radical (unpaired) electrons. The van der Waals surface area contributed by atoms with Gasteiger partial charge in [0.25, 0.3) is 0 Å². The van der Waals surface area contributed by atoms with E-state index in [2.05, 4.69) is 0 Å². The van der Waals surface area contributed by atoms with Crippen molar-refractivity contribution in [1.29, 1.82) is 0 Å². The second-order valence-corrected chi connectivity index (χ2v) is 6.84. The number of hydrogen-bond acceptors (Lipinski definition) is 5. The van der Waals surface area contributed by atoms with Crippen molar-refractivity contribution in [1.82, 2.24) is 0 Å². The van der Waals surface area contributed by atoms with Crippen molar-refractivity contribution in [3.05, 3.63) is 60.2 Å². The van der Waals surface area contributed by atoms with Gasteiger partial charge in [-0.2, -0.15) is 0 Å². The molecule has 0 saturated carbocycles. The third-order valence-corrected chi connectivity index (χ3v) is 4.96. The molecule has 0 aliphatic heterocycles. The molecule has 5 heteroatoms. The average Bonchev–Trinajstić information content (AvgIpc) is 2.62. The van der Waals surface area contributed by atoms with Crippen molar-refractivity contribution in [3.8, 4) is 11.5 Å². The van der Waals surface area contributed by atoms with Crippen molar-refractivity contribution in [2.75, 3.05) is 0 Å². The molecule has 26 heavy (non-hydrogen) atoms. The first-order chi connectivity index (χ1) is 12.5. The molecule has 0 spiro atoms. The highest BCUT2D eigenvalue weighted by molar-refractivity contribution is 7.99. The van der Waals surface area contributed by atoms with Gasteiger partial charge in [-0.15, -0.1) is 0 Å². The number of ether oxygens (including phenoxy) is 2. The fourth-order valence-electron chi connectivity index (χ4n) is 2.73. The zero-order valence-electron chi connectivity index (χ0n) is 14.7. The summed E-state index contributed by atoms with van der Waals surface area (Å²) in [6.45, 7) is 4.61. The molecule has 0 N–H and O–H groups in total. The Morgan fingerprint density at radius 2 is 1.27 bits per heavy atom. The number of esters is 2. The molecule has 4 nitrogen and oxygen atoms in total. The molecule has 0 aliphatic rings. The number of benzene rings is 3. The minimum atomic E-state index is -0.398. The van der Waals surface area contributed by atoms with E-state index in [0.717, 1.165) is 26.1 Å². The maximum absolute atomic E-state index is 11.7. The van der Waals surface area contributed by atoms with Gasteiger partial charge in [0.2, 0.25) is 0 Å². The molecule has 0 bridgehead atoms. The van der Waals surface area contributed by atoms with Crippen molar-refractivity contribution in [3.63, 3.8) is 0 Å². The largest absolute Gasteiger partial charge is 0.426 e. The molecule has 3 rings (SSSR count). The molecule has 0 heterocycles. The van der Waals surface area contributed by atoms with Crippen LogP contribution in [0.1, 0.15) is 19.4 Å². The molecule has 132 valence electrons. The first kappa shape index (κ1) is 18.0. The van der Waals surface area contributed by atoms with E-state index < -0.39 is 11.9 Å². The van der Waals surface area contributed by atoms with Gasteiger partial charge >= 0.3 is 11.9 Å². The van der Waals surface area contributed by atoms with Gasteiger partial charge in [-0.05, 0) is 19.1 Å². The number of carbonyl (C=O) groups is 2. The second kappa shape index (κ2) is 7.62. The molecular weight excluding hydrogens is 348 g/mol. The van der Waals surface area contributed by atoms with E-state index in [1.54, 1.807) is 0 Å². The van der Waals surface area contributed by atoms with Crippen LogP contribution in [0.3, 0.4) is 0 Å². The van der Waals surface area contributed by atoms with E-state index in [1.165, 1.54) is 25.6 Å². The van der Waals surface area contributed by atoms with Gasteiger partial charge in [-0.3, -0.25) is 9.59 Å². The number of fused-ring (bicyclic) bond motifs is 1. The standard InChI is InChI=1S/C21H18O4S/c1-13-19(24-14(2)22)17-11-7-8-12-18(17)20(25-15(3)23)21(13)26-16-9-5-4-6-10-16/h4-12H,1-3H3. The van der Waals surface area contributed by atoms with Crippen molar-refractivity contribution in [2.24, 2.45) is 0 Å². The van der Waals surface area contributed by atoms with Crippen LogP contribution in [0.2, 0.25) is 0 Å². The van der Waals surface area contributed by atoms with Crippen LogP contribution in [0.4, 0.5) is 0 Å². The SMILES string of the molecule is CC(=O)Oc1c(C)c(Sc2ccccc2)c(OC(C)=O)c2ccccc12. The Kier molecular flexibility index (Phi) is 5.28. The molecule has 0 unspecified atom stereocenters. The quantitative estimate of drug-likeness (QED) is 0.472. The Hall–Kier alpha value is -2.79. The van der Waals surface area contributed by atoms with Crippen LogP contribution in [0.25, 0.3) is 10.8 Å². The fraction of sp³-hybridized carbons (Fsp3) is 0.143. The summed E-state index contributed by atoms with van der Waals surface area (Å²) in [6, 6.07) is 17.2. The Bertz CT molecular complexity index is 980. The van der Waals surface area contributed by atoms with Gasteiger partial charge in [0.15, 0.2) is 5.75 Å². The number of carbonyl (C=O) groups excluding carboxylic acids is 2. The minimum Gasteiger partial charge on any atom is -0.426 e. The van der Waals surface area contributed by atoms with E-state index in [1.807, 2.05) is 61.5 Å². The second-order valence-electron chi connectivity index (χ2n) is 5.76. The molecule has 0 aliphatic carbocycles. The van der Waals surface area contributed by atoms with E-state index in [4.69, 9.17) is 9.47 Å². The van der Waals surface area contributed by atoms with Crippen LogP contribution >= 0.6 is 11.8 Å². The minimum absolute atomic E-state index is 0.394. The predicted molar refractivity (Wildman–Crippen MR) is 102 cm³/mol. The zero-order valence-corrected chi connectivity index (χ0v) is 15.6. The highest BCUT2D eigenvalue weighted by Crippen LogP contribution is 2.47. The van der Waals surface area contributed by atoms with Crippen molar-refractivity contribution >= 4 is 34.5 Å². The maximum atomic E-state index is 11.7. The summed E-state index contributed by atoms with van der Waals surface area (Å²) in [5.74, 6) is 0.177. The summed E-state index contributed by atoms with van der Waals surface area (Å²) in [6.07, 6.45) is 0. The van der Waals surface area contributed by atoms with E-state index in [9.17, 15) is 9.59 Å². The summed E-state index contributed by atoms with van der Waals surface area (Å²) in [4.78, 5) is 25.1. The number of rotatable bonds is 4. The summed E-state index contributed by atoms with van der Waals surface area (Å²) in [7, 11) is 0. The van der Waals surface area contributed by atoms with Gasteiger partial charge in [-0.1, -0.05) is 54.2 Å². The van der Waals surface area contributed by atoms with Gasteiger partial charge in [0.1, 0.15) is 5.75 Å². The first-order valence-corrected chi connectivity index (χ1v) is 8.94. The predicted octanol–water partition coefficient (Wildman–Crippen LogP) is 5.15. The van der Waals surface area contributed by atoms with Crippen LogP contribution in [0.5, 0.6) is 11.5 Å². The lowest BCUT2D eigenvalue weighted by Gasteiger charge is -2.18. The monoisotopic (exact) mass is 366 g/mol. The summed E-state index contributed by atoms with van der Waals surface area (Å²) >= 11 is 1.47. The molecule has 0 fully saturated rings. The van der Waals surface area contributed by atoms with E-state index in [-0.39, 0.29) is 0 Å². The van der Waals surface area contributed by atoms with Crippen LogP contribution < -0.4 is 9.47 Å². The van der Waals surface area contributed by atoms with Crippen LogP contribution in [-0.2, 0) is 9.59 Å². The topological polar surface area (TPSA) is 52.6 Å². The lowest BCUT2D eigenvalue weighted by molar-refractivity contribution is -0.133. The van der Waals surface area contributed by atoms with Gasteiger partial charge in [0.05, 0.1) is 4.90 Å². The fourth-order valence-corrected chi connectivity index (χ4v) is 3.75. The Morgan fingerprint density at radius 1 is 0.769 bits per heavy atom. The maximum Gasteiger partial charge on any atom is 0.308 e. The third kappa shape index (κ3) is 3.73. The normalized spacial score (nSPS) is 10.6. The summed E-state index contributed by atoms with van der Waals surface area (Å²) in [5.41, 5.74) is 0.754. The summed E-state index contributed by atoms with van der Waals surface area (Å²) < 4.78 is 11.1. The number of hydrogen-bond donors (Lipinski definition) is 0. The average molecular weight is 366 g/mol. The van der Waals surface area contributed by atoms with Gasteiger partial charge < -0.3 is 9.47 Å². The Labute approximate surface area is 156 Å². The third-order valence-electron chi connectivity index (χ3n) is 3.76. The molecule has 0 atom stereocenters. The van der Waals surface area contributed by atoms with Gasteiger partial charge in [-0.25, -0.2) is 0 Å². The molecule has 0 saturated heterocycles. The molecular formula is C21H18O4S. The molecule has 3 aromatic carbocycles. The van der Waals surface area contributed by atoms with Crippen molar-refractivity contribution < 1.29 is 19.1 Å². The lowest BCUT2D eigenvalue weighted by atomic mass is 10.0. The van der Waals surface area contributed by atoms with Crippen LogP contribution in [-0.4, -0.2) is 11.9 Å². The lowest BCUT2D eigenvalue weighted by Crippen LogP contribution is -2.08. The van der Waals surface area contributed by atoms with Crippen LogP contribution in [0.15, 0.2) is 64.4 Å². The van der Waals surface area contributed by atoms with E-state index >= 15 is 0 Å². The van der Waals surface area contributed by atoms with Crippen LogP contribution in [0, 0.1) is 6.92 Å². The smallest absolute Gasteiger partial charge is 0.308 e. The van der Waals surface area contributed by atoms with Gasteiger partial charge in [0, 0.05) is 35.1 Å². The zero-order chi connectivity index (χ0) is 18.7. The molecule has 0 amide bonds. The Balaban J connectivity index is 2.29. The Morgan fingerprint density at radius 3 is 1.85 bits per heavy atom. The highest BCUT2D eigenvalue weighted by atomic mass is 32.2. The molecule has 0 aromatic heterocycles. The first-order valence-electron chi connectivity index (χ1n) is 8.12.